The van der Waals surface area contributed by atoms with Gasteiger partial charge in [0.25, 0.3) is 0 Å². The molecule has 0 bridgehead atoms. The summed E-state index contributed by atoms with van der Waals surface area (Å²) in [6.45, 7) is 15.4. The van der Waals surface area contributed by atoms with E-state index < -0.39 is 0 Å². The van der Waals surface area contributed by atoms with Crippen LogP contribution in [0, 0.1) is 20.8 Å². The minimum Gasteiger partial charge on any atom is -0.310 e. The van der Waals surface area contributed by atoms with E-state index in [-0.39, 0.29) is 5.41 Å². The second-order valence-corrected chi connectivity index (χ2v) is 17.4. The minimum atomic E-state index is -0.242. The molecule has 0 saturated heterocycles. The van der Waals surface area contributed by atoms with Crippen LogP contribution in [-0.2, 0) is 5.41 Å². The van der Waals surface area contributed by atoms with Crippen LogP contribution in [0.5, 0.6) is 0 Å². The zero-order valence-corrected chi connectivity index (χ0v) is 36.0. The van der Waals surface area contributed by atoms with Gasteiger partial charge in [0.15, 0.2) is 0 Å². The summed E-state index contributed by atoms with van der Waals surface area (Å²) in [5, 5.41) is 7.69. The largest absolute Gasteiger partial charge is 0.310 e. The fourth-order valence-electron chi connectivity index (χ4n) is 9.03. The predicted molar refractivity (Wildman–Crippen MR) is 253 cm³/mol. The number of halogens is 1. The number of hydrogen-bond donors (Lipinski definition) is 0. The molecule has 1 aromatic heterocycles. The summed E-state index contributed by atoms with van der Waals surface area (Å²) in [6, 6.07) is 54.9. The topological polar surface area (TPSA) is 8.17 Å². The van der Waals surface area contributed by atoms with Crippen molar-refractivity contribution in [3.8, 4) is 16.8 Å². The average molecular weight is 857 g/mol. The van der Waals surface area contributed by atoms with Crippen LogP contribution < -0.4 is 4.90 Å². The molecule has 1 aliphatic rings. The number of aromatic nitrogens is 1. The second-order valence-electron chi connectivity index (χ2n) is 15.5. The normalized spacial score (nSPS) is 12.9. The third-order valence-electron chi connectivity index (χ3n) is 11.7. The van der Waals surface area contributed by atoms with Crippen LogP contribution in [0.15, 0.2) is 150 Å². The van der Waals surface area contributed by atoms with E-state index in [4.69, 9.17) is 0 Å². The van der Waals surface area contributed by atoms with Crippen molar-refractivity contribution in [1.29, 1.82) is 0 Å². The van der Waals surface area contributed by atoms with Gasteiger partial charge in [-0.2, -0.15) is 0 Å². The summed E-state index contributed by atoms with van der Waals surface area (Å²) in [6.07, 6.45) is 0. The van der Waals surface area contributed by atoms with Crippen LogP contribution in [0.4, 0.5) is 17.1 Å². The van der Waals surface area contributed by atoms with E-state index in [1.807, 2.05) is 13.8 Å². The average Bonchev–Trinajstić information content (AvgIpc) is 3.65. The lowest BCUT2D eigenvalue weighted by molar-refractivity contribution is 0.660. The molecular weight excluding hydrogens is 812 g/mol. The molecule has 0 atom stereocenters. The summed E-state index contributed by atoms with van der Waals surface area (Å²) < 4.78 is 2.51. The van der Waals surface area contributed by atoms with Gasteiger partial charge < -0.3 is 9.47 Å². The standard InChI is InChI=1S/C50H39IN2S.C2H6/c1-30-14-18-33(19-15-30)52(44-24-25-48(54-51)37-12-8-6-10-35(37)44)34-20-21-39-42(28-34)50(4,5)43-29-47(36-11-7-9-13-38(36)49(39)43)53-45-22-16-31(2)26-40(45)41-27-32(3)17-23-46(41)53;1-2/h6-29H,1-5H3;1-2H3. The van der Waals surface area contributed by atoms with Crippen LogP contribution in [0.2, 0.25) is 0 Å². The molecule has 0 N–H and O–H groups in total. The van der Waals surface area contributed by atoms with Crippen molar-refractivity contribution < 1.29 is 0 Å². The molecular formula is C52H45IN2S. The van der Waals surface area contributed by atoms with Crippen LogP contribution in [0.1, 0.15) is 55.5 Å². The van der Waals surface area contributed by atoms with Crippen molar-refractivity contribution in [3.63, 3.8) is 0 Å². The Labute approximate surface area is 346 Å². The molecule has 2 nitrogen and oxygen atoms in total. The molecule has 56 heavy (non-hydrogen) atoms. The Hall–Kier alpha value is -5.04. The first-order valence-electron chi connectivity index (χ1n) is 19.6. The van der Waals surface area contributed by atoms with Crippen molar-refractivity contribution in [3.05, 3.63) is 173 Å². The second kappa shape index (κ2) is 14.2. The smallest absolute Gasteiger partial charge is 0.0544 e. The Bertz CT molecular complexity index is 2930. The molecule has 276 valence electrons. The molecule has 0 saturated carbocycles. The maximum Gasteiger partial charge on any atom is 0.0544 e. The first kappa shape index (κ1) is 36.6. The highest BCUT2D eigenvalue weighted by Crippen LogP contribution is 2.55. The number of rotatable bonds is 5. The van der Waals surface area contributed by atoms with Crippen LogP contribution in [0.25, 0.3) is 60.2 Å². The van der Waals surface area contributed by atoms with Gasteiger partial charge in [-0.1, -0.05) is 132 Å². The Kier molecular flexibility index (Phi) is 9.25. The number of anilines is 3. The van der Waals surface area contributed by atoms with Crippen molar-refractivity contribution in [2.75, 3.05) is 4.90 Å². The summed E-state index contributed by atoms with van der Waals surface area (Å²) >= 11 is 2.40. The lowest BCUT2D eigenvalue weighted by atomic mass is 9.81. The Balaban J connectivity index is 0.00000202. The third-order valence-corrected chi connectivity index (χ3v) is 13.6. The van der Waals surface area contributed by atoms with E-state index in [9.17, 15) is 0 Å². The van der Waals surface area contributed by atoms with Crippen molar-refractivity contribution in [2.24, 2.45) is 0 Å². The van der Waals surface area contributed by atoms with Gasteiger partial charge >= 0.3 is 0 Å². The number of aryl methyl sites for hydroxylation is 3. The molecule has 0 aliphatic heterocycles. The Morgan fingerprint density at radius 3 is 1.73 bits per heavy atom. The molecule has 0 radical (unpaired) electrons. The Morgan fingerprint density at radius 2 is 1.09 bits per heavy atom. The first-order valence-corrected chi connectivity index (χ1v) is 23.0. The van der Waals surface area contributed by atoms with Gasteiger partial charge in [0.2, 0.25) is 0 Å². The van der Waals surface area contributed by atoms with Gasteiger partial charge in [0.1, 0.15) is 0 Å². The van der Waals surface area contributed by atoms with Crippen molar-refractivity contribution >= 4 is 90.6 Å². The molecule has 9 aromatic rings. The van der Waals surface area contributed by atoms with Gasteiger partial charge in [-0.15, -0.1) is 0 Å². The molecule has 0 spiro atoms. The maximum absolute atomic E-state index is 2.51. The van der Waals surface area contributed by atoms with E-state index in [2.05, 4.69) is 211 Å². The van der Waals surface area contributed by atoms with Crippen LogP contribution in [0.3, 0.4) is 0 Å². The monoisotopic (exact) mass is 856 g/mol. The van der Waals surface area contributed by atoms with E-state index in [1.54, 1.807) is 8.93 Å². The van der Waals surface area contributed by atoms with Gasteiger partial charge in [0, 0.05) is 64.4 Å². The van der Waals surface area contributed by atoms with Gasteiger partial charge in [-0.05, 0) is 121 Å². The van der Waals surface area contributed by atoms with E-state index in [1.165, 1.54) is 98.6 Å². The maximum atomic E-state index is 2.51. The lowest BCUT2D eigenvalue weighted by Gasteiger charge is -2.29. The van der Waals surface area contributed by atoms with E-state index >= 15 is 0 Å². The van der Waals surface area contributed by atoms with Gasteiger partial charge in [-0.3, -0.25) is 0 Å². The van der Waals surface area contributed by atoms with Crippen LogP contribution >= 0.6 is 30.1 Å². The SMILES string of the molecule is CC.Cc1ccc(N(c2ccc3c(c2)C(C)(C)c2cc(-n4c5ccc(C)cc5c5cc(C)ccc54)c4ccccc4c2-3)c2ccc(SI)c3ccccc23)cc1. The number of hydrogen-bond acceptors (Lipinski definition) is 2. The predicted octanol–water partition coefficient (Wildman–Crippen LogP) is 16.3. The lowest BCUT2D eigenvalue weighted by Crippen LogP contribution is -2.17. The minimum absolute atomic E-state index is 0.242. The highest BCUT2D eigenvalue weighted by molar-refractivity contribution is 14.2. The molecule has 1 aliphatic carbocycles. The number of fused-ring (bicyclic) bond motifs is 9. The van der Waals surface area contributed by atoms with E-state index in [0.717, 1.165) is 11.4 Å². The first-order chi connectivity index (χ1) is 27.2. The van der Waals surface area contributed by atoms with E-state index in [0.29, 0.717) is 0 Å². The molecule has 0 amide bonds. The molecule has 4 heteroatoms. The summed E-state index contributed by atoms with van der Waals surface area (Å²) in [4.78, 5) is 3.73. The van der Waals surface area contributed by atoms with Gasteiger partial charge in [-0.25, -0.2) is 0 Å². The van der Waals surface area contributed by atoms with Crippen LogP contribution in [-0.4, -0.2) is 4.57 Å². The molecule has 8 aromatic carbocycles. The zero-order chi connectivity index (χ0) is 38.9. The third kappa shape index (κ3) is 5.67. The summed E-state index contributed by atoms with van der Waals surface area (Å²) in [7, 11) is 1.77. The molecule has 1 heterocycles. The zero-order valence-electron chi connectivity index (χ0n) is 33.0. The fraction of sp³-hybridized carbons (Fsp3) is 0.154. The highest BCUT2D eigenvalue weighted by Gasteiger charge is 2.38. The van der Waals surface area contributed by atoms with Crippen molar-refractivity contribution in [2.45, 2.75) is 58.8 Å². The van der Waals surface area contributed by atoms with Gasteiger partial charge in [0.05, 0.1) is 22.4 Å². The number of nitrogens with zero attached hydrogens (tertiary/aromatic N) is 2. The summed E-state index contributed by atoms with van der Waals surface area (Å²) in [5.41, 5.74) is 16.2. The quantitative estimate of drug-likeness (QED) is 0.159. The molecule has 0 fully saturated rings. The fourth-order valence-corrected chi connectivity index (χ4v) is 10.6. The van der Waals surface area contributed by atoms with Crippen molar-refractivity contribution in [1.82, 2.24) is 4.57 Å². The highest BCUT2D eigenvalue weighted by atomic mass is 127. The summed E-state index contributed by atoms with van der Waals surface area (Å²) in [5.74, 6) is 0. The Morgan fingerprint density at radius 1 is 0.518 bits per heavy atom. The molecule has 0 unspecified atom stereocenters. The molecule has 10 rings (SSSR count). The number of benzene rings is 8.